The first-order valence-corrected chi connectivity index (χ1v) is 7.27. The van der Waals surface area contributed by atoms with Crippen molar-refractivity contribution < 1.29 is 4.79 Å². The molecule has 0 aliphatic carbocycles. The highest BCUT2D eigenvalue weighted by Crippen LogP contribution is 2.27. The highest BCUT2D eigenvalue weighted by molar-refractivity contribution is 7.99. The van der Waals surface area contributed by atoms with Gasteiger partial charge in [-0.1, -0.05) is 24.3 Å². The van der Waals surface area contributed by atoms with Crippen LogP contribution in [0.5, 0.6) is 0 Å². The molecule has 1 heterocycles. The van der Waals surface area contributed by atoms with Crippen LogP contribution in [0.15, 0.2) is 60.0 Å². The lowest BCUT2D eigenvalue weighted by molar-refractivity contribution is 0.102. The van der Waals surface area contributed by atoms with Crippen molar-refractivity contribution in [1.82, 2.24) is 4.98 Å². The van der Waals surface area contributed by atoms with Crippen molar-refractivity contribution >= 4 is 23.4 Å². The van der Waals surface area contributed by atoms with E-state index in [0.29, 0.717) is 5.69 Å². The minimum Gasteiger partial charge on any atom is -0.320 e. The number of hydrogen-bond donors (Lipinski definition) is 1. The van der Waals surface area contributed by atoms with E-state index in [9.17, 15) is 4.79 Å². The van der Waals surface area contributed by atoms with Gasteiger partial charge in [-0.25, -0.2) is 4.98 Å². The van der Waals surface area contributed by atoms with Crippen LogP contribution in [-0.2, 0) is 0 Å². The van der Waals surface area contributed by atoms with Crippen molar-refractivity contribution in [1.29, 1.82) is 0 Å². The normalized spacial score (nSPS) is 10.1. The van der Waals surface area contributed by atoms with Gasteiger partial charge in [-0.15, -0.1) is 18.3 Å². The topological polar surface area (TPSA) is 42.0 Å². The van der Waals surface area contributed by atoms with E-state index in [4.69, 9.17) is 0 Å². The average Bonchev–Trinajstić information content (AvgIpc) is 2.46. The molecule has 0 spiro atoms. The fourth-order valence-corrected chi connectivity index (χ4v) is 2.45. The van der Waals surface area contributed by atoms with Gasteiger partial charge in [0.25, 0.3) is 5.91 Å². The van der Waals surface area contributed by atoms with Crippen molar-refractivity contribution in [3.63, 3.8) is 0 Å². The number of anilines is 1. The van der Waals surface area contributed by atoms with Crippen molar-refractivity contribution in [2.45, 2.75) is 11.8 Å². The number of carbonyl (C=O) groups is 1. The van der Waals surface area contributed by atoms with E-state index in [2.05, 4.69) is 16.9 Å². The molecular formula is C16H16N2OS. The van der Waals surface area contributed by atoms with Crippen LogP contribution in [0.25, 0.3) is 0 Å². The predicted molar refractivity (Wildman–Crippen MR) is 84.3 cm³/mol. The number of carbonyl (C=O) groups excluding carboxylic acids is 1. The first-order valence-electron chi connectivity index (χ1n) is 6.28. The number of thioether (sulfide) groups is 1. The van der Waals surface area contributed by atoms with E-state index in [1.54, 1.807) is 17.8 Å². The smallest absolute Gasteiger partial charge is 0.274 e. The van der Waals surface area contributed by atoms with Gasteiger partial charge < -0.3 is 5.32 Å². The number of para-hydroxylation sites is 1. The highest BCUT2D eigenvalue weighted by Gasteiger charge is 2.10. The van der Waals surface area contributed by atoms with Crippen molar-refractivity contribution in [3.05, 3.63) is 66.5 Å². The van der Waals surface area contributed by atoms with E-state index >= 15 is 0 Å². The Labute approximate surface area is 123 Å². The zero-order valence-corrected chi connectivity index (χ0v) is 12.1. The molecule has 0 saturated heterocycles. The Morgan fingerprint density at radius 3 is 2.85 bits per heavy atom. The van der Waals surface area contributed by atoms with Gasteiger partial charge in [0.1, 0.15) is 5.69 Å². The minimum absolute atomic E-state index is 0.194. The van der Waals surface area contributed by atoms with Gasteiger partial charge >= 0.3 is 0 Å². The molecule has 0 saturated carbocycles. The van der Waals surface area contributed by atoms with Gasteiger partial charge in [0.15, 0.2) is 0 Å². The van der Waals surface area contributed by atoms with E-state index < -0.39 is 0 Å². The van der Waals surface area contributed by atoms with Gasteiger partial charge in [0.2, 0.25) is 0 Å². The molecule has 0 unspecified atom stereocenters. The van der Waals surface area contributed by atoms with Crippen LogP contribution in [0.1, 0.15) is 16.2 Å². The second-order valence-electron chi connectivity index (χ2n) is 4.21. The quantitative estimate of drug-likeness (QED) is 0.668. The summed E-state index contributed by atoms with van der Waals surface area (Å²) in [6.45, 7) is 5.57. The molecule has 0 radical (unpaired) electrons. The third kappa shape index (κ3) is 3.71. The van der Waals surface area contributed by atoms with Crippen LogP contribution < -0.4 is 5.32 Å². The molecule has 2 rings (SSSR count). The van der Waals surface area contributed by atoms with Crippen LogP contribution in [0.2, 0.25) is 0 Å². The summed E-state index contributed by atoms with van der Waals surface area (Å²) in [5.74, 6) is 0.607. The van der Waals surface area contributed by atoms with Gasteiger partial charge in [0.05, 0.1) is 5.69 Å². The Balaban J connectivity index is 2.17. The highest BCUT2D eigenvalue weighted by atomic mass is 32.2. The zero-order valence-electron chi connectivity index (χ0n) is 11.3. The van der Waals surface area contributed by atoms with Crippen molar-refractivity contribution in [2.24, 2.45) is 0 Å². The molecule has 1 aromatic carbocycles. The molecule has 0 fully saturated rings. The van der Waals surface area contributed by atoms with Crippen LogP contribution >= 0.6 is 11.8 Å². The van der Waals surface area contributed by atoms with Crippen molar-refractivity contribution in [2.75, 3.05) is 11.1 Å². The Bertz CT molecular complexity index is 625. The van der Waals surface area contributed by atoms with Gasteiger partial charge in [-0.3, -0.25) is 4.79 Å². The number of aryl methyl sites for hydroxylation is 1. The fraction of sp³-hybridized carbons (Fsp3) is 0.125. The summed E-state index contributed by atoms with van der Waals surface area (Å²) in [7, 11) is 0. The Kier molecular flexibility index (Phi) is 4.96. The SMILES string of the molecule is C=CCSc1ccccc1NC(=O)c1cccc(C)n1. The monoisotopic (exact) mass is 284 g/mol. The zero-order chi connectivity index (χ0) is 14.4. The summed E-state index contributed by atoms with van der Waals surface area (Å²) in [5.41, 5.74) is 2.05. The lowest BCUT2D eigenvalue weighted by Gasteiger charge is -2.09. The molecule has 4 heteroatoms. The van der Waals surface area contributed by atoms with Gasteiger partial charge in [0, 0.05) is 16.3 Å². The molecular weight excluding hydrogens is 268 g/mol. The van der Waals surface area contributed by atoms with E-state index in [0.717, 1.165) is 22.0 Å². The largest absolute Gasteiger partial charge is 0.320 e. The summed E-state index contributed by atoms with van der Waals surface area (Å²) >= 11 is 1.63. The molecule has 1 aromatic heterocycles. The maximum Gasteiger partial charge on any atom is 0.274 e. The van der Waals surface area contributed by atoms with Crippen LogP contribution in [-0.4, -0.2) is 16.6 Å². The second-order valence-corrected chi connectivity index (χ2v) is 5.28. The molecule has 2 aromatic rings. The number of aromatic nitrogens is 1. The number of hydrogen-bond acceptors (Lipinski definition) is 3. The van der Waals surface area contributed by atoms with Crippen LogP contribution in [0.3, 0.4) is 0 Å². The van der Waals surface area contributed by atoms with Crippen LogP contribution in [0.4, 0.5) is 5.69 Å². The summed E-state index contributed by atoms with van der Waals surface area (Å²) in [6.07, 6.45) is 1.84. The van der Waals surface area contributed by atoms with E-state index in [-0.39, 0.29) is 5.91 Å². The maximum absolute atomic E-state index is 12.2. The van der Waals surface area contributed by atoms with Gasteiger partial charge in [-0.05, 0) is 31.2 Å². The average molecular weight is 284 g/mol. The maximum atomic E-state index is 12.2. The molecule has 0 aliphatic heterocycles. The van der Waals surface area contributed by atoms with E-state index in [1.165, 1.54) is 0 Å². The van der Waals surface area contributed by atoms with Crippen molar-refractivity contribution in [3.8, 4) is 0 Å². The Hall–Kier alpha value is -2.07. The molecule has 0 atom stereocenters. The molecule has 0 bridgehead atoms. The second kappa shape index (κ2) is 6.91. The van der Waals surface area contributed by atoms with E-state index in [1.807, 2.05) is 49.4 Å². The molecule has 20 heavy (non-hydrogen) atoms. The number of rotatable bonds is 5. The Morgan fingerprint density at radius 2 is 2.10 bits per heavy atom. The molecule has 102 valence electrons. The third-order valence-electron chi connectivity index (χ3n) is 2.61. The number of pyridine rings is 1. The lowest BCUT2D eigenvalue weighted by Crippen LogP contribution is -2.14. The standard InChI is InChI=1S/C16H16N2OS/c1-3-11-20-15-10-5-4-8-13(15)18-16(19)14-9-6-7-12(2)17-14/h3-10H,1,11H2,2H3,(H,18,19). The summed E-state index contributed by atoms with van der Waals surface area (Å²) < 4.78 is 0. The summed E-state index contributed by atoms with van der Waals surface area (Å²) in [4.78, 5) is 17.4. The summed E-state index contributed by atoms with van der Waals surface area (Å²) in [6, 6.07) is 13.1. The number of nitrogens with zero attached hydrogens (tertiary/aromatic N) is 1. The molecule has 3 nitrogen and oxygen atoms in total. The fourth-order valence-electron chi connectivity index (χ4n) is 1.70. The number of nitrogens with one attached hydrogen (secondary N) is 1. The lowest BCUT2D eigenvalue weighted by atomic mass is 10.2. The molecule has 1 amide bonds. The first-order chi connectivity index (χ1) is 9.70. The minimum atomic E-state index is -0.194. The molecule has 1 N–H and O–H groups in total. The molecule has 0 aliphatic rings. The Morgan fingerprint density at radius 1 is 1.30 bits per heavy atom. The van der Waals surface area contributed by atoms with Gasteiger partial charge in [-0.2, -0.15) is 0 Å². The predicted octanol–water partition coefficient (Wildman–Crippen LogP) is 3.92. The third-order valence-corrected chi connectivity index (χ3v) is 3.68. The summed E-state index contributed by atoms with van der Waals surface area (Å²) in [5, 5.41) is 2.91. The first kappa shape index (κ1) is 14.3. The number of amides is 1. The van der Waals surface area contributed by atoms with Crippen LogP contribution in [0, 0.1) is 6.92 Å². The number of benzene rings is 1.